The van der Waals surface area contributed by atoms with Gasteiger partial charge in [-0.15, -0.1) is 0 Å². The summed E-state index contributed by atoms with van der Waals surface area (Å²) in [4.78, 5) is 0. The van der Waals surface area contributed by atoms with E-state index in [9.17, 15) is 0 Å². The average molecular weight is 197 g/mol. The number of allylic oxidation sites excluding steroid dienone is 2. The van der Waals surface area contributed by atoms with Gasteiger partial charge in [0.1, 0.15) is 0 Å². The molecule has 0 aromatic heterocycles. The summed E-state index contributed by atoms with van der Waals surface area (Å²) in [5.74, 6) is 0. The molecule has 0 saturated heterocycles. The highest BCUT2D eigenvalue weighted by atomic mass is 29.3. The van der Waals surface area contributed by atoms with Crippen molar-refractivity contribution >= 4 is 15.2 Å². The molecular weight excluding hydrogens is 178 g/mol. The second-order valence-corrected chi connectivity index (χ2v) is 21.2. The Labute approximate surface area is 77.9 Å². The molecule has 0 saturated carbocycles. The zero-order chi connectivity index (χ0) is 9.99. The fourth-order valence-corrected chi connectivity index (χ4v) is 5.80. The number of hydrogen-bond donors (Lipinski definition) is 0. The lowest BCUT2D eigenvalue weighted by Crippen LogP contribution is -2.53. The van der Waals surface area contributed by atoms with Crippen molar-refractivity contribution in [3.63, 3.8) is 0 Å². The number of nitrogens with zero attached hydrogens (tertiary/aromatic N) is 1. The maximum Gasteiger partial charge on any atom is 0.0894 e. The Bertz CT molecular complexity index is 228. The molecule has 0 rings (SSSR count). The van der Waals surface area contributed by atoms with E-state index in [0.717, 1.165) is 5.20 Å². The van der Waals surface area contributed by atoms with Crippen LogP contribution in [0.1, 0.15) is 6.92 Å². The molecule has 0 aliphatic heterocycles. The van der Waals surface area contributed by atoms with Gasteiger partial charge in [-0.2, -0.15) is 5.26 Å². The first-order chi connectivity index (χ1) is 5.27. The Kier molecular flexibility index (Phi) is 3.49. The summed E-state index contributed by atoms with van der Waals surface area (Å²) < 4.78 is 0. The van der Waals surface area contributed by atoms with Crippen molar-refractivity contribution < 1.29 is 0 Å². The monoisotopic (exact) mass is 197 g/mol. The minimum Gasteiger partial charge on any atom is -0.193 e. The molecule has 0 aliphatic carbocycles. The third-order valence-corrected chi connectivity index (χ3v) is 20.5. The summed E-state index contributed by atoms with van der Waals surface area (Å²) >= 11 is 0. The van der Waals surface area contributed by atoms with Crippen molar-refractivity contribution in [3.05, 3.63) is 11.3 Å². The normalized spacial score (nSPS) is 14.2. The highest BCUT2D eigenvalue weighted by Crippen LogP contribution is 2.25. The lowest BCUT2D eigenvalue weighted by molar-refractivity contribution is 1.49. The summed E-state index contributed by atoms with van der Waals surface area (Å²) in [7, 11) is -2.54. The summed E-state index contributed by atoms with van der Waals surface area (Å²) in [6.45, 7) is 13.7. The molecule has 0 aliphatic rings. The van der Waals surface area contributed by atoms with Gasteiger partial charge in [-0.25, -0.2) is 0 Å². The molecular formula is C9H19NSi2. The van der Waals surface area contributed by atoms with Crippen molar-refractivity contribution in [2.24, 2.45) is 0 Å². The fourth-order valence-electron chi connectivity index (χ4n) is 0.969. The van der Waals surface area contributed by atoms with Crippen LogP contribution >= 0.6 is 0 Å². The lowest BCUT2D eigenvalue weighted by Gasteiger charge is -2.34. The van der Waals surface area contributed by atoms with Crippen LogP contribution < -0.4 is 0 Å². The van der Waals surface area contributed by atoms with Crippen molar-refractivity contribution in [1.29, 1.82) is 5.26 Å². The molecule has 3 heteroatoms. The number of rotatable bonds is 2. The minimum absolute atomic E-state index is 1.07. The van der Waals surface area contributed by atoms with Crippen molar-refractivity contribution in [2.45, 2.75) is 39.7 Å². The quantitative estimate of drug-likeness (QED) is 0.493. The molecule has 0 N–H and O–H groups in total. The van der Waals surface area contributed by atoms with E-state index in [-0.39, 0.29) is 0 Å². The number of nitriles is 1. The van der Waals surface area contributed by atoms with E-state index < -0.39 is 15.2 Å². The molecule has 12 heavy (non-hydrogen) atoms. The molecule has 1 nitrogen and oxygen atoms in total. The first-order valence-electron chi connectivity index (χ1n) is 4.34. The van der Waals surface area contributed by atoms with Crippen LogP contribution in [0.2, 0.25) is 32.7 Å². The Balaban J connectivity index is 5.01. The van der Waals surface area contributed by atoms with Crippen LogP contribution in [0.3, 0.4) is 0 Å². The van der Waals surface area contributed by atoms with Gasteiger partial charge in [-0.1, -0.05) is 38.8 Å². The molecule has 0 radical (unpaired) electrons. The summed E-state index contributed by atoms with van der Waals surface area (Å²) in [5, 5.41) is 10.0. The van der Waals surface area contributed by atoms with Gasteiger partial charge in [0.05, 0.1) is 13.7 Å². The Morgan fingerprint density at radius 3 is 1.67 bits per heavy atom. The maximum atomic E-state index is 8.96. The van der Waals surface area contributed by atoms with Crippen LogP contribution in [0.25, 0.3) is 0 Å². The summed E-state index contributed by atoms with van der Waals surface area (Å²) in [6.07, 6.45) is 2.00. The molecule has 0 aromatic rings. The van der Waals surface area contributed by atoms with E-state index in [2.05, 4.69) is 38.8 Å². The third-order valence-electron chi connectivity index (χ3n) is 2.96. The van der Waals surface area contributed by atoms with Crippen LogP contribution in [0.5, 0.6) is 0 Å². The predicted molar refractivity (Wildman–Crippen MR) is 60.2 cm³/mol. The second-order valence-electron chi connectivity index (χ2n) is 4.69. The van der Waals surface area contributed by atoms with E-state index >= 15 is 0 Å². The maximum absolute atomic E-state index is 8.96. The molecule has 0 unspecified atom stereocenters. The van der Waals surface area contributed by atoms with Gasteiger partial charge < -0.3 is 0 Å². The van der Waals surface area contributed by atoms with Gasteiger partial charge in [-0.3, -0.25) is 0 Å². The SMILES string of the molecule is C/C=C(\C#N)[Si](C)(C)[Si](C)(C)C. The standard InChI is InChI=1S/C9H19NSi2/c1-7-9(8-10)12(5,6)11(2,3)4/h7H,1-6H3/b9-7+. The summed E-state index contributed by atoms with van der Waals surface area (Å²) in [5.41, 5.74) is 0. The molecule has 0 atom stereocenters. The smallest absolute Gasteiger partial charge is 0.0894 e. The highest BCUT2D eigenvalue weighted by molar-refractivity contribution is 7.43. The molecule has 0 spiro atoms. The van der Waals surface area contributed by atoms with Crippen LogP contribution in [0.15, 0.2) is 11.3 Å². The van der Waals surface area contributed by atoms with Crippen molar-refractivity contribution in [3.8, 4) is 6.07 Å². The second kappa shape index (κ2) is 3.59. The van der Waals surface area contributed by atoms with E-state index in [1.165, 1.54) is 0 Å². The molecule has 0 amide bonds. The van der Waals surface area contributed by atoms with E-state index in [0.29, 0.717) is 0 Å². The summed E-state index contributed by atoms with van der Waals surface area (Å²) in [6, 6.07) is 2.36. The van der Waals surface area contributed by atoms with Gasteiger partial charge in [0.15, 0.2) is 0 Å². The van der Waals surface area contributed by atoms with Gasteiger partial charge in [0.25, 0.3) is 0 Å². The van der Waals surface area contributed by atoms with Gasteiger partial charge in [-0.05, 0) is 6.92 Å². The lowest BCUT2D eigenvalue weighted by atomic mass is 10.6. The van der Waals surface area contributed by atoms with E-state index in [4.69, 9.17) is 5.26 Å². The van der Waals surface area contributed by atoms with Crippen molar-refractivity contribution in [1.82, 2.24) is 0 Å². The van der Waals surface area contributed by atoms with Gasteiger partial charge in [0, 0.05) is 12.8 Å². The Morgan fingerprint density at radius 1 is 1.17 bits per heavy atom. The first-order valence-corrected chi connectivity index (χ1v) is 11.8. The third kappa shape index (κ3) is 2.08. The topological polar surface area (TPSA) is 23.8 Å². The Morgan fingerprint density at radius 2 is 1.58 bits per heavy atom. The number of hydrogen-bond acceptors (Lipinski definition) is 1. The minimum atomic E-state index is -1.40. The zero-order valence-corrected chi connectivity index (χ0v) is 11.0. The van der Waals surface area contributed by atoms with E-state index in [1.54, 1.807) is 0 Å². The fraction of sp³-hybridized carbons (Fsp3) is 0.667. The van der Waals surface area contributed by atoms with Crippen LogP contribution in [-0.2, 0) is 0 Å². The van der Waals surface area contributed by atoms with E-state index in [1.807, 2.05) is 13.0 Å². The molecule has 0 bridgehead atoms. The van der Waals surface area contributed by atoms with Crippen LogP contribution in [-0.4, -0.2) is 15.2 Å². The first kappa shape index (κ1) is 11.7. The molecule has 68 valence electrons. The zero-order valence-electron chi connectivity index (χ0n) is 9.02. The van der Waals surface area contributed by atoms with Gasteiger partial charge >= 0.3 is 0 Å². The van der Waals surface area contributed by atoms with Crippen LogP contribution in [0, 0.1) is 11.3 Å². The highest BCUT2D eigenvalue weighted by Gasteiger charge is 2.39. The van der Waals surface area contributed by atoms with Gasteiger partial charge in [0.2, 0.25) is 0 Å². The molecule has 0 fully saturated rings. The molecule has 0 heterocycles. The predicted octanol–water partition coefficient (Wildman–Crippen LogP) is 3.12. The molecule has 0 aromatic carbocycles. The Hall–Kier alpha value is -0.336. The average Bonchev–Trinajstić information content (AvgIpc) is 1.87. The largest absolute Gasteiger partial charge is 0.193 e. The van der Waals surface area contributed by atoms with Crippen LogP contribution in [0.4, 0.5) is 0 Å². The van der Waals surface area contributed by atoms with Crippen molar-refractivity contribution in [2.75, 3.05) is 0 Å².